The Morgan fingerprint density at radius 3 is 2.47 bits per heavy atom. The zero-order valence-corrected chi connectivity index (χ0v) is 9.79. The van der Waals surface area contributed by atoms with Crippen LogP contribution in [0.25, 0.3) is 0 Å². The second-order valence-electron chi connectivity index (χ2n) is 4.30. The fourth-order valence-corrected chi connectivity index (χ4v) is 1.78. The predicted octanol–water partition coefficient (Wildman–Crippen LogP) is 0.953. The van der Waals surface area contributed by atoms with Gasteiger partial charge in [0, 0.05) is 19.3 Å². The lowest BCUT2D eigenvalue weighted by molar-refractivity contribution is -0.144. The van der Waals surface area contributed by atoms with E-state index in [0.29, 0.717) is 6.04 Å². The molecule has 1 fully saturated rings. The molecule has 0 amide bonds. The summed E-state index contributed by atoms with van der Waals surface area (Å²) in [5.74, 6) is 0.0804. The van der Waals surface area contributed by atoms with Crippen LogP contribution in [0.4, 0.5) is 0 Å². The van der Waals surface area contributed by atoms with Gasteiger partial charge < -0.3 is 14.8 Å². The van der Waals surface area contributed by atoms with Crippen molar-refractivity contribution in [3.8, 4) is 0 Å². The molecular weight excluding hydrogens is 194 g/mol. The zero-order chi connectivity index (χ0) is 11.3. The summed E-state index contributed by atoms with van der Waals surface area (Å²) in [6.45, 7) is 5.61. The van der Waals surface area contributed by atoms with Gasteiger partial charge in [0.05, 0.1) is 7.11 Å². The number of hydrogen-bond donors (Lipinski definition) is 1. The van der Waals surface area contributed by atoms with Gasteiger partial charge in [0.15, 0.2) is 0 Å². The molecule has 0 aromatic rings. The van der Waals surface area contributed by atoms with E-state index < -0.39 is 0 Å². The number of carbonyl (C=O) groups is 1. The molecule has 0 spiro atoms. The third-order valence-electron chi connectivity index (χ3n) is 2.76. The van der Waals surface area contributed by atoms with Gasteiger partial charge in [-0.25, -0.2) is 0 Å². The Morgan fingerprint density at radius 2 is 2.00 bits per heavy atom. The molecule has 0 saturated carbocycles. The number of ether oxygens (including phenoxy) is 2. The quantitative estimate of drug-likeness (QED) is 0.709. The third-order valence-corrected chi connectivity index (χ3v) is 2.76. The van der Waals surface area contributed by atoms with Crippen LogP contribution in [0.1, 0.15) is 26.7 Å². The summed E-state index contributed by atoms with van der Waals surface area (Å²) >= 11 is 0. The van der Waals surface area contributed by atoms with Crippen LogP contribution in [0.15, 0.2) is 0 Å². The number of esters is 1. The van der Waals surface area contributed by atoms with Crippen molar-refractivity contribution in [2.75, 3.05) is 20.3 Å². The van der Waals surface area contributed by atoms with Gasteiger partial charge in [0.2, 0.25) is 0 Å². The van der Waals surface area contributed by atoms with E-state index in [1.165, 1.54) is 7.11 Å². The average Bonchev–Trinajstić information content (AvgIpc) is 2.26. The number of nitrogens with one attached hydrogen (secondary N) is 1. The van der Waals surface area contributed by atoms with Crippen molar-refractivity contribution in [2.45, 2.75) is 38.8 Å². The van der Waals surface area contributed by atoms with Crippen LogP contribution < -0.4 is 5.32 Å². The minimum absolute atomic E-state index is 0.170. The highest BCUT2D eigenvalue weighted by Crippen LogP contribution is 2.11. The predicted molar refractivity (Wildman–Crippen MR) is 57.6 cm³/mol. The van der Waals surface area contributed by atoms with Gasteiger partial charge >= 0.3 is 5.97 Å². The fourth-order valence-electron chi connectivity index (χ4n) is 1.78. The van der Waals surface area contributed by atoms with Crippen LogP contribution in [0, 0.1) is 5.92 Å². The molecule has 1 atom stereocenters. The topological polar surface area (TPSA) is 47.6 Å². The van der Waals surface area contributed by atoms with Gasteiger partial charge in [-0.3, -0.25) is 4.79 Å². The highest BCUT2D eigenvalue weighted by molar-refractivity contribution is 5.75. The van der Waals surface area contributed by atoms with E-state index in [2.05, 4.69) is 5.32 Å². The first-order valence-corrected chi connectivity index (χ1v) is 5.56. The van der Waals surface area contributed by atoms with Crippen LogP contribution in [0.2, 0.25) is 0 Å². The second-order valence-corrected chi connectivity index (χ2v) is 4.30. The molecule has 15 heavy (non-hydrogen) atoms. The lowest BCUT2D eigenvalue weighted by Crippen LogP contribution is -2.48. The summed E-state index contributed by atoms with van der Waals surface area (Å²) in [6.07, 6.45) is 1.94. The Labute approximate surface area is 91.3 Å². The molecule has 0 bridgehead atoms. The molecule has 0 radical (unpaired) electrons. The van der Waals surface area contributed by atoms with Gasteiger partial charge in [0.1, 0.15) is 6.04 Å². The summed E-state index contributed by atoms with van der Waals surface area (Å²) in [6, 6.07) is 0.184. The molecule has 1 rings (SSSR count). The molecule has 1 saturated heterocycles. The van der Waals surface area contributed by atoms with E-state index in [1.54, 1.807) is 0 Å². The van der Waals surface area contributed by atoms with E-state index in [1.807, 2.05) is 13.8 Å². The summed E-state index contributed by atoms with van der Waals surface area (Å²) in [7, 11) is 1.43. The first kappa shape index (κ1) is 12.5. The van der Waals surface area contributed by atoms with Crippen molar-refractivity contribution in [2.24, 2.45) is 5.92 Å². The summed E-state index contributed by atoms with van der Waals surface area (Å²) < 4.78 is 10.1. The van der Waals surface area contributed by atoms with Crippen molar-refractivity contribution in [1.29, 1.82) is 0 Å². The van der Waals surface area contributed by atoms with E-state index in [0.717, 1.165) is 26.1 Å². The molecule has 88 valence electrons. The van der Waals surface area contributed by atoms with Crippen LogP contribution in [0.5, 0.6) is 0 Å². The van der Waals surface area contributed by atoms with E-state index in [4.69, 9.17) is 9.47 Å². The maximum absolute atomic E-state index is 11.5. The normalized spacial score (nSPS) is 20.3. The first-order chi connectivity index (χ1) is 7.15. The Bertz CT molecular complexity index is 200. The van der Waals surface area contributed by atoms with Crippen LogP contribution in [-0.2, 0) is 14.3 Å². The Kier molecular flexibility index (Phi) is 5.05. The van der Waals surface area contributed by atoms with Crippen molar-refractivity contribution < 1.29 is 14.3 Å². The maximum Gasteiger partial charge on any atom is 0.323 e. The summed E-state index contributed by atoms with van der Waals surface area (Å²) in [4.78, 5) is 11.5. The van der Waals surface area contributed by atoms with Gasteiger partial charge in [-0.15, -0.1) is 0 Å². The molecule has 0 aromatic carbocycles. The minimum atomic E-state index is -0.196. The first-order valence-electron chi connectivity index (χ1n) is 5.56. The minimum Gasteiger partial charge on any atom is -0.468 e. The molecule has 4 nitrogen and oxygen atoms in total. The van der Waals surface area contributed by atoms with Gasteiger partial charge in [0.25, 0.3) is 0 Å². The number of hydrogen-bond acceptors (Lipinski definition) is 4. The summed E-state index contributed by atoms with van der Waals surface area (Å²) in [5.41, 5.74) is 0. The standard InChI is InChI=1S/C11H21NO3/c1-8(2)10(11(13)14-3)12-9-4-6-15-7-5-9/h8-10,12H,4-7H2,1-3H3/t10-/m0/s1. The molecule has 1 N–H and O–H groups in total. The summed E-state index contributed by atoms with van der Waals surface area (Å²) in [5, 5.41) is 3.35. The molecule has 1 aliphatic rings. The van der Waals surface area contributed by atoms with Crippen LogP contribution in [0.3, 0.4) is 0 Å². The molecule has 0 aromatic heterocycles. The van der Waals surface area contributed by atoms with Gasteiger partial charge in [-0.1, -0.05) is 13.8 Å². The SMILES string of the molecule is COC(=O)[C@@H](NC1CCOCC1)C(C)C. The van der Waals surface area contributed by atoms with Crippen LogP contribution >= 0.6 is 0 Å². The van der Waals surface area contributed by atoms with E-state index >= 15 is 0 Å². The Hall–Kier alpha value is -0.610. The van der Waals surface area contributed by atoms with Gasteiger partial charge in [-0.2, -0.15) is 0 Å². The number of carbonyl (C=O) groups excluding carboxylic acids is 1. The Balaban J connectivity index is 2.46. The molecule has 4 heteroatoms. The zero-order valence-electron chi connectivity index (χ0n) is 9.79. The van der Waals surface area contributed by atoms with Crippen molar-refractivity contribution in [3.05, 3.63) is 0 Å². The van der Waals surface area contributed by atoms with E-state index in [9.17, 15) is 4.79 Å². The second kappa shape index (κ2) is 6.08. The molecule has 0 unspecified atom stereocenters. The maximum atomic E-state index is 11.5. The molecular formula is C11H21NO3. The van der Waals surface area contributed by atoms with E-state index in [-0.39, 0.29) is 17.9 Å². The number of methoxy groups -OCH3 is 1. The van der Waals surface area contributed by atoms with Crippen molar-refractivity contribution in [3.63, 3.8) is 0 Å². The largest absolute Gasteiger partial charge is 0.468 e. The monoisotopic (exact) mass is 215 g/mol. The molecule has 1 aliphatic heterocycles. The third kappa shape index (κ3) is 3.80. The average molecular weight is 215 g/mol. The highest BCUT2D eigenvalue weighted by atomic mass is 16.5. The fraction of sp³-hybridized carbons (Fsp3) is 0.909. The van der Waals surface area contributed by atoms with Gasteiger partial charge in [-0.05, 0) is 18.8 Å². The van der Waals surface area contributed by atoms with Crippen molar-refractivity contribution >= 4 is 5.97 Å². The Morgan fingerprint density at radius 1 is 1.40 bits per heavy atom. The molecule has 0 aliphatic carbocycles. The number of rotatable bonds is 4. The smallest absolute Gasteiger partial charge is 0.323 e. The van der Waals surface area contributed by atoms with Crippen molar-refractivity contribution in [1.82, 2.24) is 5.32 Å². The van der Waals surface area contributed by atoms with Crippen LogP contribution in [-0.4, -0.2) is 38.4 Å². The highest BCUT2D eigenvalue weighted by Gasteiger charge is 2.26. The lowest BCUT2D eigenvalue weighted by Gasteiger charge is -2.29. The molecule has 1 heterocycles. The lowest BCUT2D eigenvalue weighted by atomic mass is 10.0.